The maximum Gasteiger partial charge on any atom is 0.407 e. The van der Waals surface area contributed by atoms with E-state index in [9.17, 15) is 9.90 Å². The number of nitrogens with one attached hydrogen (secondary N) is 1. The lowest BCUT2D eigenvalue weighted by molar-refractivity contribution is 0.0871. The Bertz CT molecular complexity index is 719. The number of ether oxygens (including phenoxy) is 1. The first-order chi connectivity index (χ1) is 12.7. The molecule has 1 aliphatic carbocycles. The normalized spacial score (nSPS) is 16.5. The highest BCUT2D eigenvalue weighted by atomic mass is 16.6. The summed E-state index contributed by atoms with van der Waals surface area (Å²) < 4.78 is 7.57. The number of alkyl carbamates (subject to hydrolysis) is 1. The van der Waals surface area contributed by atoms with Gasteiger partial charge in [0.25, 0.3) is 0 Å². The van der Waals surface area contributed by atoms with Crippen LogP contribution in [0.1, 0.15) is 51.0 Å². The number of carbonyl (C=O) groups is 1. The van der Waals surface area contributed by atoms with Crippen LogP contribution in [0.4, 0.5) is 4.79 Å². The largest absolute Gasteiger partial charge is 0.447 e. The average Bonchev–Trinajstić information content (AvgIpc) is 3.05. The van der Waals surface area contributed by atoms with Crippen molar-refractivity contribution in [3.05, 3.63) is 36.0 Å². The summed E-state index contributed by atoms with van der Waals surface area (Å²) >= 11 is 0. The van der Waals surface area contributed by atoms with Crippen molar-refractivity contribution in [2.45, 2.75) is 64.6 Å². The molecule has 1 atom stereocenters. The van der Waals surface area contributed by atoms with E-state index in [1.54, 1.807) is 0 Å². The van der Waals surface area contributed by atoms with E-state index in [0.717, 1.165) is 22.9 Å². The van der Waals surface area contributed by atoms with Crippen LogP contribution >= 0.6 is 0 Å². The minimum Gasteiger partial charge on any atom is -0.447 e. The summed E-state index contributed by atoms with van der Waals surface area (Å²) in [6, 6.07) is 8.05. The van der Waals surface area contributed by atoms with Gasteiger partial charge in [-0.05, 0) is 36.3 Å². The van der Waals surface area contributed by atoms with E-state index < -0.39 is 0 Å². The second-order valence-electron chi connectivity index (χ2n) is 7.40. The Morgan fingerprint density at radius 1 is 1.31 bits per heavy atom. The minimum atomic E-state index is -0.356. The Morgan fingerprint density at radius 3 is 2.88 bits per heavy atom. The van der Waals surface area contributed by atoms with Gasteiger partial charge in [0, 0.05) is 19.3 Å². The monoisotopic (exact) mass is 358 g/mol. The van der Waals surface area contributed by atoms with Gasteiger partial charge in [-0.3, -0.25) is 0 Å². The summed E-state index contributed by atoms with van der Waals surface area (Å²) in [7, 11) is 0. The number of carbonyl (C=O) groups excluding carboxylic acids is 1. The summed E-state index contributed by atoms with van der Waals surface area (Å²) in [6.45, 7) is 3.04. The highest BCUT2D eigenvalue weighted by Gasteiger charge is 2.19. The van der Waals surface area contributed by atoms with E-state index in [-0.39, 0.29) is 18.8 Å². The molecule has 1 aromatic carbocycles. The van der Waals surface area contributed by atoms with Crippen molar-refractivity contribution in [3.8, 4) is 0 Å². The maximum atomic E-state index is 12.2. The number of para-hydroxylation sites is 1. The number of hydrogen-bond donors (Lipinski definition) is 2. The average molecular weight is 358 g/mol. The summed E-state index contributed by atoms with van der Waals surface area (Å²) in [5.74, 6) is 0.696. The molecule has 0 radical (unpaired) electrons. The predicted octanol–water partition coefficient (Wildman–Crippen LogP) is 4.22. The molecule has 1 fully saturated rings. The van der Waals surface area contributed by atoms with Gasteiger partial charge in [-0.25, -0.2) is 4.79 Å². The number of amides is 1. The molecule has 0 spiro atoms. The van der Waals surface area contributed by atoms with Crippen LogP contribution in [-0.2, 0) is 17.8 Å². The van der Waals surface area contributed by atoms with E-state index >= 15 is 0 Å². The lowest BCUT2D eigenvalue weighted by atomic mass is 9.86. The Morgan fingerprint density at radius 2 is 2.12 bits per heavy atom. The number of benzene rings is 1. The summed E-state index contributed by atoms with van der Waals surface area (Å²) in [5.41, 5.74) is 2.08. The molecule has 2 N–H and O–H groups in total. The van der Waals surface area contributed by atoms with E-state index in [2.05, 4.69) is 5.32 Å². The fraction of sp³-hybridized carbons (Fsp3) is 0.571. The number of aliphatic hydroxyl groups excluding tert-OH is 1. The molecule has 2 aromatic rings. The molecule has 1 amide bonds. The Balaban J connectivity index is 1.54. The molecule has 1 aromatic heterocycles. The Hall–Kier alpha value is -2.01. The van der Waals surface area contributed by atoms with Gasteiger partial charge in [0.1, 0.15) is 6.10 Å². The van der Waals surface area contributed by atoms with Gasteiger partial charge in [-0.2, -0.15) is 0 Å². The van der Waals surface area contributed by atoms with Crippen molar-refractivity contribution < 1.29 is 14.6 Å². The predicted molar refractivity (Wildman–Crippen MR) is 103 cm³/mol. The molecule has 1 heterocycles. The highest BCUT2D eigenvalue weighted by molar-refractivity contribution is 5.83. The minimum absolute atomic E-state index is 0.0489. The van der Waals surface area contributed by atoms with Crippen LogP contribution in [-0.4, -0.2) is 28.5 Å². The van der Waals surface area contributed by atoms with Gasteiger partial charge < -0.3 is 19.7 Å². The zero-order valence-electron chi connectivity index (χ0n) is 15.6. The molecule has 0 aliphatic heterocycles. The first kappa shape index (κ1) is 18.8. The van der Waals surface area contributed by atoms with Crippen LogP contribution in [0.5, 0.6) is 0 Å². The summed E-state index contributed by atoms with van der Waals surface area (Å²) in [6.07, 6.45) is 9.01. The number of nitrogens with zero attached hydrogens (tertiary/aromatic N) is 1. The second-order valence-corrected chi connectivity index (χ2v) is 7.40. The van der Waals surface area contributed by atoms with Gasteiger partial charge >= 0.3 is 6.09 Å². The molecule has 142 valence electrons. The molecule has 5 heteroatoms. The smallest absolute Gasteiger partial charge is 0.407 e. The Kier molecular flexibility index (Phi) is 6.56. The molecule has 0 saturated heterocycles. The fourth-order valence-corrected chi connectivity index (χ4v) is 4.11. The Labute approximate surface area is 155 Å². The third-order valence-corrected chi connectivity index (χ3v) is 5.33. The van der Waals surface area contributed by atoms with Crippen LogP contribution < -0.4 is 5.32 Å². The van der Waals surface area contributed by atoms with E-state index in [4.69, 9.17) is 4.74 Å². The van der Waals surface area contributed by atoms with Crippen molar-refractivity contribution in [1.29, 1.82) is 0 Å². The standard InChI is InChI=1S/C21H30N2O3/c1-16(14-17-6-3-2-4-7-17)26-21(25)22-15-19-9-5-8-18-10-11-23(12-13-24)20(18)19/h5,8-11,16-17,24H,2-4,6-7,12-15H2,1H3,(H,22,25). The van der Waals surface area contributed by atoms with Crippen molar-refractivity contribution in [2.75, 3.05) is 6.61 Å². The molecule has 1 aliphatic rings. The lowest BCUT2D eigenvalue weighted by Crippen LogP contribution is -2.29. The van der Waals surface area contributed by atoms with Crippen molar-refractivity contribution in [1.82, 2.24) is 9.88 Å². The zero-order chi connectivity index (χ0) is 18.4. The molecular weight excluding hydrogens is 328 g/mol. The van der Waals surface area contributed by atoms with Gasteiger partial charge in [-0.15, -0.1) is 0 Å². The SMILES string of the molecule is CC(CC1CCCCC1)OC(=O)NCc1cccc2ccn(CCO)c12. The van der Waals surface area contributed by atoms with Gasteiger partial charge in [0.15, 0.2) is 0 Å². The molecular formula is C21H30N2O3. The van der Waals surface area contributed by atoms with Crippen molar-refractivity contribution in [3.63, 3.8) is 0 Å². The maximum absolute atomic E-state index is 12.2. The third kappa shape index (κ3) is 4.79. The fourth-order valence-electron chi connectivity index (χ4n) is 4.11. The first-order valence-corrected chi connectivity index (χ1v) is 9.79. The van der Waals surface area contributed by atoms with Crippen molar-refractivity contribution in [2.24, 2.45) is 5.92 Å². The number of aliphatic hydroxyl groups is 1. The number of aromatic nitrogens is 1. The first-order valence-electron chi connectivity index (χ1n) is 9.79. The topological polar surface area (TPSA) is 63.5 Å². The van der Waals surface area contributed by atoms with E-state index in [0.29, 0.717) is 19.0 Å². The van der Waals surface area contributed by atoms with Crippen LogP contribution in [0.25, 0.3) is 10.9 Å². The molecule has 5 nitrogen and oxygen atoms in total. The quantitative estimate of drug-likeness (QED) is 0.779. The third-order valence-electron chi connectivity index (χ3n) is 5.33. The summed E-state index contributed by atoms with van der Waals surface area (Å²) in [5, 5.41) is 13.2. The molecule has 1 saturated carbocycles. The molecule has 3 rings (SSSR count). The highest BCUT2D eigenvalue weighted by Crippen LogP contribution is 2.28. The lowest BCUT2D eigenvalue weighted by Gasteiger charge is -2.24. The molecule has 0 bridgehead atoms. The van der Waals surface area contributed by atoms with E-state index in [1.165, 1.54) is 32.1 Å². The number of hydrogen-bond acceptors (Lipinski definition) is 3. The zero-order valence-corrected chi connectivity index (χ0v) is 15.6. The van der Waals surface area contributed by atoms with Gasteiger partial charge in [-0.1, -0.05) is 50.3 Å². The van der Waals surface area contributed by atoms with Crippen LogP contribution in [0.15, 0.2) is 30.5 Å². The van der Waals surface area contributed by atoms with Gasteiger partial charge in [0.05, 0.1) is 12.1 Å². The van der Waals surface area contributed by atoms with Crippen LogP contribution in [0.3, 0.4) is 0 Å². The van der Waals surface area contributed by atoms with Gasteiger partial charge in [0.2, 0.25) is 0 Å². The van der Waals surface area contributed by atoms with Crippen LogP contribution in [0, 0.1) is 5.92 Å². The van der Waals surface area contributed by atoms with E-state index in [1.807, 2.05) is 42.0 Å². The molecule has 1 unspecified atom stereocenters. The number of fused-ring (bicyclic) bond motifs is 1. The number of rotatable bonds is 7. The van der Waals surface area contributed by atoms with Crippen LogP contribution in [0.2, 0.25) is 0 Å². The second kappa shape index (κ2) is 9.08. The van der Waals surface area contributed by atoms with Crippen molar-refractivity contribution >= 4 is 17.0 Å². The molecule has 26 heavy (non-hydrogen) atoms. The summed E-state index contributed by atoms with van der Waals surface area (Å²) in [4.78, 5) is 12.2.